The van der Waals surface area contributed by atoms with Gasteiger partial charge in [0.15, 0.2) is 0 Å². The molecule has 0 aliphatic carbocycles. The number of hydrogen-bond donors (Lipinski definition) is 3. The molecule has 2 heterocycles. The van der Waals surface area contributed by atoms with E-state index in [1.165, 1.54) is 0 Å². The van der Waals surface area contributed by atoms with Crippen molar-refractivity contribution in [3.8, 4) is 0 Å². The predicted molar refractivity (Wildman–Crippen MR) is 82.5 cm³/mol. The van der Waals surface area contributed by atoms with E-state index in [4.69, 9.17) is 0 Å². The summed E-state index contributed by atoms with van der Waals surface area (Å²) in [5, 5.41) is 16.4. The van der Waals surface area contributed by atoms with Gasteiger partial charge in [-0.1, -0.05) is 12.1 Å². The fourth-order valence-electron chi connectivity index (χ4n) is 1.96. The lowest BCUT2D eigenvalue weighted by molar-refractivity contribution is 0.160. The molecule has 0 amide bonds. The Bertz CT molecular complexity index is 492. The van der Waals surface area contributed by atoms with Crippen LogP contribution >= 0.6 is 0 Å². The Labute approximate surface area is 125 Å². The predicted octanol–water partition coefficient (Wildman–Crippen LogP) is 1.11. The molecule has 1 atom stereocenters. The number of hydrogen-bond acceptors (Lipinski definition) is 5. The van der Waals surface area contributed by atoms with Crippen LogP contribution in [-0.4, -0.2) is 34.3 Å². The summed E-state index contributed by atoms with van der Waals surface area (Å²) in [6.45, 7) is 2.75. The lowest BCUT2D eigenvalue weighted by Gasteiger charge is -2.12. The van der Waals surface area contributed by atoms with Gasteiger partial charge < -0.3 is 15.7 Å². The third-order valence-electron chi connectivity index (χ3n) is 3.10. The van der Waals surface area contributed by atoms with Crippen LogP contribution in [0.2, 0.25) is 0 Å². The van der Waals surface area contributed by atoms with Crippen LogP contribution in [0.4, 0.5) is 0 Å². The second-order valence-corrected chi connectivity index (χ2v) is 4.89. The fraction of sp³-hybridized carbons (Fsp3) is 0.375. The van der Waals surface area contributed by atoms with Crippen molar-refractivity contribution in [2.24, 2.45) is 0 Å². The molecule has 2 aromatic rings. The number of aliphatic hydroxyl groups is 1. The van der Waals surface area contributed by atoms with Crippen molar-refractivity contribution in [3.05, 3.63) is 60.2 Å². The van der Waals surface area contributed by atoms with Crippen LogP contribution in [0.1, 0.15) is 17.8 Å². The second kappa shape index (κ2) is 9.18. The number of nitrogens with zero attached hydrogens (tertiary/aromatic N) is 2. The van der Waals surface area contributed by atoms with Gasteiger partial charge >= 0.3 is 0 Å². The molecule has 0 saturated heterocycles. The number of aromatic nitrogens is 2. The molecule has 3 N–H and O–H groups in total. The molecule has 0 radical (unpaired) electrons. The molecule has 2 rings (SSSR count). The Morgan fingerprint density at radius 2 is 1.52 bits per heavy atom. The summed E-state index contributed by atoms with van der Waals surface area (Å²) in [5.41, 5.74) is 2.00. The van der Waals surface area contributed by atoms with Gasteiger partial charge in [-0.05, 0) is 37.2 Å². The average Bonchev–Trinajstić information content (AvgIpc) is 2.54. The summed E-state index contributed by atoms with van der Waals surface area (Å²) in [7, 11) is 0. The van der Waals surface area contributed by atoms with E-state index in [2.05, 4.69) is 20.6 Å². The molecule has 5 nitrogen and oxygen atoms in total. The molecule has 0 spiro atoms. The highest BCUT2D eigenvalue weighted by molar-refractivity contribution is 5.03. The maximum absolute atomic E-state index is 9.89. The average molecular weight is 286 g/mol. The zero-order chi connectivity index (χ0) is 14.8. The number of nitrogens with one attached hydrogen (secondary N) is 2. The van der Waals surface area contributed by atoms with Gasteiger partial charge in [-0.3, -0.25) is 9.97 Å². The van der Waals surface area contributed by atoms with E-state index < -0.39 is 0 Å². The quantitative estimate of drug-likeness (QED) is 0.602. The molecule has 0 aromatic carbocycles. The van der Waals surface area contributed by atoms with E-state index in [1.54, 1.807) is 12.4 Å². The molecular formula is C16H22N4O. The minimum Gasteiger partial charge on any atom is -0.392 e. The number of rotatable bonds is 9. The zero-order valence-corrected chi connectivity index (χ0v) is 12.1. The van der Waals surface area contributed by atoms with E-state index in [-0.39, 0.29) is 6.10 Å². The Kier molecular flexibility index (Phi) is 6.80. The highest BCUT2D eigenvalue weighted by Crippen LogP contribution is 1.95. The number of aliphatic hydroxyl groups excluding tert-OH is 1. The number of pyridine rings is 2. The lowest BCUT2D eigenvalue weighted by Crippen LogP contribution is -2.29. The van der Waals surface area contributed by atoms with E-state index in [9.17, 15) is 5.11 Å². The molecule has 1 unspecified atom stereocenters. The van der Waals surface area contributed by atoms with E-state index in [0.29, 0.717) is 19.5 Å². The third kappa shape index (κ3) is 6.44. The molecule has 2 aromatic heterocycles. The van der Waals surface area contributed by atoms with E-state index in [0.717, 1.165) is 24.5 Å². The zero-order valence-electron chi connectivity index (χ0n) is 12.1. The molecule has 0 fully saturated rings. The fourth-order valence-corrected chi connectivity index (χ4v) is 1.96. The summed E-state index contributed by atoms with van der Waals surface area (Å²) >= 11 is 0. The molecule has 112 valence electrons. The van der Waals surface area contributed by atoms with Gasteiger partial charge in [0.1, 0.15) is 0 Å². The van der Waals surface area contributed by atoms with Crippen molar-refractivity contribution in [2.45, 2.75) is 25.6 Å². The summed E-state index contributed by atoms with van der Waals surface area (Å²) in [5.74, 6) is 0. The van der Waals surface area contributed by atoms with Crippen LogP contribution < -0.4 is 10.6 Å². The van der Waals surface area contributed by atoms with Gasteiger partial charge in [0.2, 0.25) is 0 Å². The van der Waals surface area contributed by atoms with Crippen molar-refractivity contribution < 1.29 is 5.11 Å². The molecule has 0 aliphatic heterocycles. The highest BCUT2D eigenvalue weighted by Gasteiger charge is 2.03. The minimum atomic E-state index is -0.357. The molecule has 0 saturated carbocycles. The summed E-state index contributed by atoms with van der Waals surface area (Å²) in [6.07, 6.45) is 3.91. The summed E-state index contributed by atoms with van der Waals surface area (Å²) in [6, 6.07) is 11.7. The van der Waals surface area contributed by atoms with E-state index in [1.807, 2.05) is 36.4 Å². The van der Waals surface area contributed by atoms with Gasteiger partial charge in [-0.15, -0.1) is 0 Å². The third-order valence-corrected chi connectivity index (χ3v) is 3.10. The Balaban J connectivity index is 1.52. The topological polar surface area (TPSA) is 70.1 Å². The maximum atomic E-state index is 9.89. The summed E-state index contributed by atoms with van der Waals surface area (Å²) in [4.78, 5) is 8.46. The van der Waals surface area contributed by atoms with Gasteiger partial charge in [0, 0.05) is 32.0 Å². The monoisotopic (exact) mass is 286 g/mol. The van der Waals surface area contributed by atoms with Crippen LogP contribution in [0.5, 0.6) is 0 Å². The Morgan fingerprint density at radius 3 is 2.10 bits per heavy atom. The molecule has 0 aliphatic rings. The smallest absolute Gasteiger partial charge is 0.0676 e. The van der Waals surface area contributed by atoms with Crippen molar-refractivity contribution in [2.75, 3.05) is 13.1 Å². The van der Waals surface area contributed by atoms with Crippen LogP contribution in [0.15, 0.2) is 48.8 Å². The first-order chi connectivity index (χ1) is 10.3. The Hall–Kier alpha value is -1.82. The van der Waals surface area contributed by atoms with Crippen LogP contribution in [0.25, 0.3) is 0 Å². The maximum Gasteiger partial charge on any atom is 0.0676 e. The van der Waals surface area contributed by atoms with Gasteiger partial charge in [-0.25, -0.2) is 0 Å². The largest absolute Gasteiger partial charge is 0.392 e. The Morgan fingerprint density at radius 1 is 0.905 bits per heavy atom. The van der Waals surface area contributed by atoms with Crippen LogP contribution in [0.3, 0.4) is 0 Å². The SMILES string of the molecule is OC(CCNCc1ccccn1)CNCc1ccccn1. The molecule has 5 heteroatoms. The first kappa shape index (κ1) is 15.6. The first-order valence-electron chi connectivity index (χ1n) is 7.24. The van der Waals surface area contributed by atoms with Crippen LogP contribution in [-0.2, 0) is 13.1 Å². The van der Waals surface area contributed by atoms with Gasteiger partial charge in [0.05, 0.1) is 17.5 Å². The summed E-state index contributed by atoms with van der Waals surface area (Å²) < 4.78 is 0. The van der Waals surface area contributed by atoms with Crippen molar-refractivity contribution in [3.63, 3.8) is 0 Å². The van der Waals surface area contributed by atoms with Gasteiger partial charge in [0.25, 0.3) is 0 Å². The second-order valence-electron chi connectivity index (χ2n) is 4.89. The lowest BCUT2D eigenvalue weighted by atomic mass is 10.2. The standard InChI is InChI=1S/C16H22N4O/c21-16(13-18-12-15-6-2-4-9-20-15)7-10-17-11-14-5-1-3-8-19-14/h1-6,8-9,16-18,21H,7,10-13H2. The molecule has 21 heavy (non-hydrogen) atoms. The molecule has 0 bridgehead atoms. The van der Waals surface area contributed by atoms with E-state index >= 15 is 0 Å². The molecular weight excluding hydrogens is 264 g/mol. The van der Waals surface area contributed by atoms with Gasteiger partial charge in [-0.2, -0.15) is 0 Å². The first-order valence-corrected chi connectivity index (χ1v) is 7.24. The highest BCUT2D eigenvalue weighted by atomic mass is 16.3. The van der Waals surface area contributed by atoms with Crippen molar-refractivity contribution in [1.29, 1.82) is 0 Å². The van der Waals surface area contributed by atoms with Crippen molar-refractivity contribution in [1.82, 2.24) is 20.6 Å². The van der Waals surface area contributed by atoms with Crippen molar-refractivity contribution >= 4 is 0 Å². The van der Waals surface area contributed by atoms with Crippen LogP contribution in [0, 0.1) is 0 Å². The normalized spacial score (nSPS) is 12.2. The minimum absolute atomic E-state index is 0.357.